The lowest BCUT2D eigenvalue weighted by atomic mass is 9.99. The molecule has 2 fully saturated rings. The first-order chi connectivity index (χ1) is 17.9. The van der Waals surface area contributed by atoms with Crippen LogP contribution in [-0.2, 0) is 25.7 Å². The Balaban J connectivity index is 1.49. The summed E-state index contributed by atoms with van der Waals surface area (Å²) in [5.74, 6) is -1.16. The van der Waals surface area contributed by atoms with Gasteiger partial charge >= 0.3 is 5.97 Å². The number of carboxylic acid groups (broad SMARTS) is 1. The Morgan fingerprint density at radius 3 is 2.57 bits per heavy atom. The van der Waals surface area contributed by atoms with E-state index < -0.39 is 12.3 Å². The van der Waals surface area contributed by atoms with Crippen molar-refractivity contribution in [2.24, 2.45) is 0 Å². The second kappa shape index (κ2) is 13.1. The summed E-state index contributed by atoms with van der Waals surface area (Å²) in [6.07, 6.45) is 2.05. The highest BCUT2D eigenvalue weighted by Gasteiger charge is 2.35. The number of ether oxygens (including phenoxy) is 2. The Labute approximate surface area is 217 Å². The minimum atomic E-state index is -0.921. The third-order valence-electron chi connectivity index (χ3n) is 7.00. The molecule has 0 spiro atoms. The van der Waals surface area contributed by atoms with Crippen LogP contribution in [0.1, 0.15) is 67.6 Å². The van der Waals surface area contributed by atoms with E-state index in [0.717, 1.165) is 36.1 Å². The van der Waals surface area contributed by atoms with Crippen LogP contribution in [0.4, 0.5) is 5.69 Å². The highest BCUT2D eigenvalue weighted by atomic mass is 16.7. The van der Waals surface area contributed by atoms with E-state index in [9.17, 15) is 19.8 Å². The molecule has 2 saturated heterocycles. The fraction of sp³-hybridized carbons (Fsp3) is 0.500. The largest absolute Gasteiger partial charge is 0.481 e. The van der Waals surface area contributed by atoms with Crippen LogP contribution in [0.25, 0.3) is 0 Å². The Morgan fingerprint density at radius 2 is 1.84 bits per heavy atom. The molecule has 0 bridgehead atoms. The highest BCUT2D eigenvalue weighted by Crippen LogP contribution is 2.39. The van der Waals surface area contributed by atoms with Gasteiger partial charge in [-0.25, -0.2) is 0 Å². The van der Waals surface area contributed by atoms with E-state index in [0.29, 0.717) is 18.7 Å². The zero-order chi connectivity index (χ0) is 26.2. The number of rotatable bonds is 11. The van der Waals surface area contributed by atoms with Gasteiger partial charge in [0.25, 0.3) is 0 Å². The summed E-state index contributed by atoms with van der Waals surface area (Å²) >= 11 is 0. The fourth-order valence-corrected chi connectivity index (χ4v) is 5.02. The van der Waals surface area contributed by atoms with Gasteiger partial charge in [0.15, 0.2) is 6.29 Å². The number of carboxylic acids is 1. The lowest BCUT2D eigenvalue weighted by Gasteiger charge is -2.38. The molecule has 2 aromatic rings. The SMILES string of the molecule is O=C(O)CCCC(=O)Nc1cccc(C2OC(CN3CCCC3CO)CC(c3ccc(CO)cc3)O2)c1. The van der Waals surface area contributed by atoms with E-state index in [1.807, 2.05) is 42.5 Å². The third kappa shape index (κ3) is 7.59. The maximum absolute atomic E-state index is 12.3. The minimum Gasteiger partial charge on any atom is -0.481 e. The first-order valence-electron chi connectivity index (χ1n) is 12.9. The summed E-state index contributed by atoms with van der Waals surface area (Å²) in [4.78, 5) is 25.3. The van der Waals surface area contributed by atoms with Gasteiger partial charge in [-0.15, -0.1) is 0 Å². The van der Waals surface area contributed by atoms with Gasteiger partial charge in [-0.2, -0.15) is 0 Å². The number of carbonyl (C=O) groups is 2. The smallest absolute Gasteiger partial charge is 0.303 e. The zero-order valence-corrected chi connectivity index (χ0v) is 20.9. The van der Waals surface area contributed by atoms with Crippen LogP contribution >= 0.6 is 0 Å². The van der Waals surface area contributed by atoms with E-state index in [2.05, 4.69) is 10.2 Å². The number of hydrogen-bond donors (Lipinski definition) is 4. The summed E-state index contributed by atoms with van der Waals surface area (Å²) < 4.78 is 12.8. The van der Waals surface area contributed by atoms with E-state index in [4.69, 9.17) is 14.6 Å². The van der Waals surface area contributed by atoms with Gasteiger partial charge in [0.1, 0.15) is 0 Å². The number of aliphatic carboxylic acids is 1. The average molecular weight is 513 g/mol. The molecule has 4 rings (SSSR count). The number of aliphatic hydroxyl groups is 2. The molecule has 0 aliphatic carbocycles. The summed E-state index contributed by atoms with van der Waals surface area (Å²) in [5.41, 5.74) is 3.19. The van der Waals surface area contributed by atoms with Gasteiger partial charge in [-0.3, -0.25) is 14.5 Å². The molecule has 200 valence electrons. The van der Waals surface area contributed by atoms with Crippen LogP contribution in [0.15, 0.2) is 48.5 Å². The van der Waals surface area contributed by atoms with Crippen LogP contribution in [-0.4, -0.2) is 63.9 Å². The molecule has 2 heterocycles. The maximum atomic E-state index is 12.3. The molecule has 2 aliphatic rings. The molecule has 4 atom stereocenters. The van der Waals surface area contributed by atoms with Crippen LogP contribution in [0.3, 0.4) is 0 Å². The summed E-state index contributed by atoms with van der Waals surface area (Å²) in [5, 5.41) is 30.8. The van der Waals surface area contributed by atoms with Crippen molar-refractivity contribution < 1.29 is 34.4 Å². The van der Waals surface area contributed by atoms with Crippen molar-refractivity contribution in [1.82, 2.24) is 4.90 Å². The third-order valence-corrected chi connectivity index (χ3v) is 7.00. The molecule has 9 heteroatoms. The molecule has 0 aromatic heterocycles. The zero-order valence-electron chi connectivity index (χ0n) is 20.9. The first kappa shape index (κ1) is 27.2. The van der Waals surface area contributed by atoms with Crippen LogP contribution in [0.5, 0.6) is 0 Å². The predicted molar refractivity (Wildman–Crippen MR) is 137 cm³/mol. The van der Waals surface area contributed by atoms with Gasteiger partial charge in [-0.05, 0) is 49.1 Å². The van der Waals surface area contributed by atoms with Crippen molar-refractivity contribution in [3.05, 3.63) is 65.2 Å². The monoisotopic (exact) mass is 512 g/mol. The Hall–Kier alpha value is -2.82. The van der Waals surface area contributed by atoms with Crippen molar-refractivity contribution in [1.29, 1.82) is 0 Å². The predicted octanol–water partition coefficient (Wildman–Crippen LogP) is 3.37. The molecule has 37 heavy (non-hydrogen) atoms. The summed E-state index contributed by atoms with van der Waals surface area (Å²) in [6, 6.07) is 15.2. The number of aliphatic hydroxyl groups excluding tert-OH is 2. The lowest BCUT2D eigenvalue weighted by molar-refractivity contribution is -0.253. The van der Waals surface area contributed by atoms with Crippen LogP contribution < -0.4 is 5.32 Å². The van der Waals surface area contributed by atoms with Crippen molar-refractivity contribution in [3.8, 4) is 0 Å². The van der Waals surface area contributed by atoms with Crippen molar-refractivity contribution in [3.63, 3.8) is 0 Å². The number of nitrogens with one attached hydrogen (secondary N) is 1. The molecule has 1 amide bonds. The molecular weight excluding hydrogens is 476 g/mol. The fourth-order valence-electron chi connectivity index (χ4n) is 5.02. The Bertz CT molecular complexity index is 1050. The van der Waals surface area contributed by atoms with Gasteiger partial charge in [0, 0.05) is 43.1 Å². The second-order valence-electron chi connectivity index (χ2n) is 9.74. The number of anilines is 1. The molecular formula is C28H36N2O7. The number of hydrogen-bond acceptors (Lipinski definition) is 7. The van der Waals surface area contributed by atoms with E-state index in [1.165, 1.54) is 0 Å². The number of nitrogens with zero attached hydrogens (tertiary/aromatic N) is 1. The quantitative estimate of drug-likeness (QED) is 0.361. The summed E-state index contributed by atoms with van der Waals surface area (Å²) in [6.45, 7) is 1.73. The Kier molecular flexibility index (Phi) is 9.65. The van der Waals surface area contributed by atoms with Gasteiger partial charge in [-0.1, -0.05) is 36.4 Å². The van der Waals surface area contributed by atoms with Gasteiger partial charge < -0.3 is 30.1 Å². The van der Waals surface area contributed by atoms with Crippen molar-refractivity contribution in [2.75, 3.05) is 25.0 Å². The molecule has 2 aliphatic heterocycles. The molecule has 4 N–H and O–H groups in total. The molecule has 4 unspecified atom stereocenters. The average Bonchev–Trinajstić information content (AvgIpc) is 3.35. The lowest BCUT2D eigenvalue weighted by Crippen LogP contribution is -2.42. The molecule has 9 nitrogen and oxygen atoms in total. The Morgan fingerprint density at radius 1 is 1.03 bits per heavy atom. The van der Waals surface area contributed by atoms with Crippen LogP contribution in [0, 0.1) is 0 Å². The van der Waals surface area contributed by atoms with Crippen molar-refractivity contribution in [2.45, 2.75) is 69.7 Å². The van der Waals surface area contributed by atoms with E-state index in [1.54, 1.807) is 6.07 Å². The number of carbonyl (C=O) groups excluding carboxylic acids is 1. The first-order valence-corrected chi connectivity index (χ1v) is 12.9. The number of benzene rings is 2. The van der Waals surface area contributed by atoms with E-state index in [-0.39, 0.29) is 56.6 Å². The minimum absolute atomic E-state index is 0.0213. The highest BCUT2D eigenvalue weighted by molar-refractivity contribution is 5.90. The maximum Gasteiger partial charge on any atom is 0.303 e. The second-order valence-corrected chi connectivity index (χ2v) is 9.74. The number of amides is 1. The topological polar surface area (TPSA) is 129 Å². The molecule has 2 aromatic carbocycles. The van der Waals surface area contributed by atoms with Gasteiger partial charge in [0.05, 0.1) is 25.4 Å². The van der Waals surface area contributed by atoms with Gasteiger partial charge in [0.2, 0.25) is 5.91 Å². The standard InChI is InChI=1S/C28H36N2O7/c31-17-19-9-11-20(12-10-19)25-15-24(16-30-13-3-6-23(30)18-32)36-28(37-25)21-4-1-5-22(14-21)29-26(33)7-2-8-27(34)35/h1,4-5,9-12,14,23-25,28,31-32H,2-3,6-8,13,15-18H2,(H,29,33)(H,34,35). The number of likely N-dealkylation sites (tertiary alicyclic amines) is 1. The molecule has 0 saturated carbocycles. The van der Waals surface area contributed by atoms with Crippen molar-refractivity contribution >= 4 is 17.6 Å². The normalized spacial score (nSPS) is 24.2. The summed E-state index contributed by atoms with van der Waals surface area (Å²) in [7, 11) is 0. The van der Waals surface area contributed by atoms with E-state index >= 15 is 0 Å². The molecule has 0 radical (unpaired) electrons. The van der Waals surface area contributed by atoms with Crippen LogP contribution in [0.2, 0.25) is 0 Å².